The summed E-state index contributed by atoms with van der Waals surface area (Å²) in [5.41, 5.74) is 1.99. The van der Waals surface area contributed by atoms with Gasteiger partial charge in [-0.2, -0.15) is 5.26 Å². The van der Waals surface area contributed by atoms with Crippen molar-refractivity contribution in [3.05, 3.63) is 58.7 Å². The second kappa shape index (κ2) is 7.55. The number of methoxy groups -OCH3 is 2. The Morgan fingerprint density at radius 1 is 1.00 bits per heavy atom. The monoisotopic (exact) mass is 363 g/mol. The third-order valence-corrected chi connectivity index (χ3v) is 4.79. The molecule has 2 aromatic rings. The zero-order valence-electron chi connectivity index (χ0n) is 15.6. The number of nitrogens with zero attached hydrogens (tertiary/aromatic N) is 1. The van der Waals surface area contributed by atoms with Crippen molar-refractivity contribution >= 4 is 18.1 Å². The molecule has 0 spiro atoms. The van der Waals surface area contributed by atoms with E-state index in [-0.39, 0.29) is 13.0 Å². The van der Waals surface area contributed by atoms with E-state index in [4.69, 9.17) is 14.2 Å². The third-order valence-electron chi connectivity index (χ3n) is 4.79. The third kappa shape index (κ3) is 3.26. The first-order valence-corrected chi connectivity index (χ1v) is 8.70. The van der Waals surface area contributed by atoms with E-state index < -0.39 is 11.4 Å². The zero-order valence-corrected chi connectivity index (χ0v) is 15.6. The van der Waals surface area contributed by atoms with Gasteiger partial charge in [-0.15, -0.1) is 0 Å². The van der Waals surface area contributed by atoms with Crippen molar-refractivity contribution in [2.75, 3.05) is 20.8 Å². The first kappa shape index (κ1) is 18.5. The molecule has 3 rings (SSSR count). The summed E-state index contributed by atoms with van der Waals surface area (Å²) >= 11 is 0. The topological polar surface area (TPSA) is 68.6 Å². The quantitative estimate of drug-likeness (QED) is 0.753. The predicted octanol–water partition coefficient (Wildman–Crippen LogP) is 3.95. The molecule has 0 fully saturated rings. The molecule has 0 radical (unpaired) electrons. The fraction of sp³-hybridized carbons (Fsp3) is 0.273. The van der Waals surface area contributed by atoms with Crippen LogP contribution in [0.1, 0.15) is 35.6 Å². The molecule has 0 saturated heterocycles. The van der Waals surface area contributed by atoms with E-state index in [0.29, 0.717) is 11.5 Å². The average molecular weight is 363 g/mol. The highest BCUT2D eigenvalue weighted by Gasteiger charge is 2.41. The Labute approximate surface area is 158 Å². The van der Waals surface area contributed by atoms with Gasteiger partial charge in [-0.3, -0.25) is 4.79 Å². The van der Waals surface area contributed by atoms with Gasteiger partial charge in [-0.05, 0) is 53.4 Å². The molecule has 5 nitrogen and oxygen atoms in total. The summed E-state index contributed by atoms with van der Waals surface area (Å²) in [7, 11) is 3.19. The second-order valence-corrected chi connectivity index (χ2v) is 6.24. The van der Waals surface area contributed by atoms with Crippen LogP contribution in [0.5, 0.6) is 11.5 Å². The van der Waals surface area contributed by atoms with Crippen molar-refractivity contribution in [1.82, 2.24) is 0 Å². The highest BCUT2D eigenvalue weighted by Crippen LogP contribution is 2.44. The maximum Gasteiger partial charge on any atom is 0.308 e. The van der Waals surface area contributed by atoms with Gasteiger partial charge >= 0.3 is 5.97 Å². The summed E-state index contributed by atoms with van der Waals surface area (Å²) in [6, 6.07) is 13.4. The smallest absolute Gasteiger partial charge is 0.308 e. The first-order chi connectivity index (χ1) is 13.1. The molecule has 138 valence electrons. The van der Waals surface area contributed by atoms with E-state index in [2.05, 4.69) is 6.07 Å². The molecule has 0 atom stereocenters. The van der Waals surface area contributed by atoms with Crippen LogP contribution in [-0.4, -0.2) is 26.8 Å². The molecule has 1 aliphatic rings. The Bertz CT molecular complexity index is 882. The van der Waals surface area contributed by atoms with E-state index in [9.17, 15) is 10.1 Å². The lowest BCUT2D eigenvalue weighted by atomic mass is 9.71. The van der Waals surface area contributed by atoms with Crippen molar-refractivity contribution in [2.45, 2.75) is 18.8 Å². The highest BCUT2D eigenvalue weighted by molar-refractivity contribution is 5.83. The normalized spacial score (nSPS) is 13.6. The van der Waals surface area contributed by atoms with Crippen LogP contribution in [0, 0.1) is 11.3 Å². The largest absolute Gasteiger partial charge is 0.497 e. The number of esters is 1. The Hall–Kier alpha value is -3.26. The molecule has 0 N–H and O–H groups in total. The maximum absolute atomic E-state index is 12.4. The minimum absolute atomic E-state index is 0.0717. The Morgan fingerprint density at radius 3 is 1.93 bits per heavy atom. The lowest BCUT2D eigenvalue weighted by molar-refractivity contribution is -0.143. The molecule has 0 unspecified atom stereocenters. The summed E-state index contributed by atoms with van der Waals surface area (Å²) < 4.78 is 15.8. The van der Waals surface area contributed by atoms with Gasteiger partial charge in [-0.25, -0.2) is 0 Å². The molecule has 0 aliphatic heterocycles. The van der Waals surface area contributed by atoms with Gasteiger partial charge in [0.15, 0.2) is 0 Å². The van der Waals surface area contributed by atoms with Crippen molar-refractivity contribution in [3.8, 4) is 17.6 Å². The van der Waals surface area contributed by atoms with Crippen LogP contribution >= 0.6 is 0 Å². The Balaban J connectivity index is 2.28. The van der Waals surface area contributed by atoms with Gasteiger partial charge in [0.1, 0.15) is 16.9 Å². The van der Waals surface area contributed by atoms with Crippen molar-refractivity contribution < 1.29 is 19.0 Å². The standard InChI is InChI=1S/C22H21NO4/c1-4-27-21(24)13-22(14-23)19-9-7-17(25-2)11-15(19)5-6-16-12-18(26-3)8-10-20(16)22/h5-12H,4,13H2,1-3H3. The number of rotatable bonds is 5. The number of carbonyl (C=O) groups excluding carboxylic acids is 1. The van der Waals surface area contributed by atoms with Gasteiger partial charge in [0.2, 0.25) is 0 Å². The second-order valence-electron chi connectivity index (χ2n) is 6.24. The lowest BCUT2D eigenvalue weighted by Gasteiger charge is -2.29. The molecule has 0 aromatic heterocycles. The van der Waals surface area contributed by atoms with Gasteiger partial charge in [0, 0.05) is 0 Å². The number of hydrogen-bond acceptors (Lipinski definition) is 5. The minimum atomic E-state index is -1.17. The summed E-state index contributed by atoms with van der Waals surface area (Å²) in [6.45, 7) is 2.02. The Kier molecular flexibility index (Phi) is 5.18. The van der Waals surface area contributed by atoms with Crippen molar-refractivity contribution in [3.63, 3.8) is 0 Å². The van der Waals surface area contributed by atoms with E-state index in [1.165, 1.54) is 0 Å². The SMILES string of the molecule is CCOC(=O)CC1(C#N)c2ccc(OC)cc2C=Cc2cc(OC)ccc21. The number of hydrogen-bond donors (Lipinski definition) is 0. The number of benzene rings is 2. The van der Waals surface area contributed by atoms with Crippen LogP contribution in [0.15, 0.2) is 36.4 Å². The summed E-state index contributed by atoms with van der Waals surface area (Å²) in [5.74, 6) is 0.958. The zero-order chi connectivity index (χ0) is 19.4. The fourth-order valence-electron chi connectivity index (χ4n) is 3.49. The summed E-state index contributed by atoms with van der Waals surface area (Å²) in [4.78, 5) is 12.4. The van der Waals surface area contributed by atoms with Gasteiger partial charge in [0.05, 0.1) is 33.3 Å². The molecular weight excluding hydrogens is 342 g/mol. The predicted molar refractivity (Wildman–Crippen MR) is 103 cm³/mol. The molecular formula is C22H21NO4. The van der Waals surface area contributed by atoms with Gasteiger partial charge in [0.25, 0.3) is 0 Å². The molecule has 2 aromatic carbocycles. The maximum atomic E-state index is 12.4. The average Bonchev–Trinajstić information content (AvgIpc) is 2.82. The Morgan fingerprint density at radius 2 is 1.52 bits per heavy atom. The number of nitriles is 1. The van der Waals surface area contributed by atoms with Crippen LogP contribution in [0.4, 0.5) is 0 Å². The van der Waals surface area contributed by atoms with Crippen LogP contribution in [0.2, 0.25) is 0 Å². The van der Waals surface area contributed by atoms with Crippen LogP contribution < -0.4 is 9.47 Å². The van der Waals surface area contributed by atoms with Crippen molar-refractivity contribution in [1.29, 1.82) is 5.26 Å². The van der Waals surface area contributed by atoms with E-state index in [1.54, 1.807) is 33.3 Å². The molecule has 1 aliphatic carbocycles. The highest BCUT2D eigenvalue weighted by atomic mass is 16.5. The summed E-state index contributed by atoms with van der Waals surface area (Å²) in [5, 5.41) is 10.3. The molecule has 5 heteroatoms. The minimum Gasteiger partial charge on any atom is -0.497 e. The molecule has 0 amide bonds. The summed E-state index contributed by atoms with van der Waals surface area (Å²) in [6.07, 6.45) is 3.79. The van der Waals surface area contributed by atoms with Crippen molar-refractivity contribution in [2.24, 2.45) is 0 Å². The molecule has 27 heavy (non-hydrogen) atoms. The van der Waals surface area contributed by atoms with Crippen LogP contribution in [-0.2, 0) is 14.9 Å². The van der Waals surface area contributed by atoms with Gasteiger partial charge < -0.3 is 14.2 Å². The first-order valence-electron chi connectivity index (χ1n) is 8.70. The van der Waals surface area contributed by atoms with Gasteiger partial charge in [-0.1, -0.05) is 24.3 Å². The number of ether oxygens (including phenoxy) is 3. The molecule has 0 heterocycles. The lowest BCUT2D eigenvalue weighted by Crippen LogP contribution is -2.31. The number of carbonyl (C=O) groups is 1. The number of fused-ring (bicyclic) bond motifs is 2. The molecule has 0 bridgehead atoms. The molecule has 0 saturated carbocycles. The van der Waals surface area contributed by atoms with Crippen LogP contribution in [0.25, 0.3) is 12.2 Å². The van der Waals surface area contributed by atoms with E-state index in [1.807, 2.05) is 36.4 Å². The fourth-order valence-corrected chi connectivity index (χ4v) is 3.49. The van der Waals surface area contributed by atoms with E-state index >= 15 is 0 Å². The van der Waals surface area contributed by atoms with Crippen LogP contribution in [0.3, 0.4) is 0 Å². The van der Waals surface area contributed by atoms with E-state index in [0.717, 1.165) is 22.3 Å².